The highest BCUT2D eigenvalue weighted by molar-refractivity contribution is 7.85. The van der Waals surface area contributed by atoms with Crippen LogP contribution >= 0.6 is 11.6 Å². The second kappa shape index (κ2) is 17.0. The average molecular weight is 462 g/mol. The number of nitrogens with zero attached hydrogens (tertiary/aromatic N) is 1. The highest BCUT2D eigenvalue weighted by atomic mass is 35.5. The van der Waals surface area contributed by atoms with Crippen molar-refractivity contribution in [1.82, 2.24) is 0 Å². The first-order valence-corrected chi connectivity index (χ1v) is 13.5. The van der Waals surface area contributed by atoms with Gasteiger partial charge in [0.15, 0.2) is 0 Å². The fourth-order valence-corrected chi connectivity index (χ4v) is 3.92. The van der Waals surface area contributed by atoms with Gasteiger partial charge in [-0.05, 0) is 31.9 Å². The molecular formula is C24H44ClNO3S. The Morgan fingerprint density at radius 2 is 1.23 bits per heavy atom. The predicted octanol–water partition coefficient (Wildman–Crippen LogP) is 6.51. The van der Waals surface area contributed by atoms with Crippen LogP contribution in [0.3, 0.4) is 0 Å². The average Bonchev–Trinajstić information content (AvgIpc) is 2.68. The standard InChI is InChI=1S/C17H37ClN.C7H8O3S/c1-4-5-6-7-8-9-10-11-12-13-16-19(2,3)17-14-15-18;1-6-2-4-7(5-3-6)11(8,9)10/h4-17H2,1-3H3;2-5H,1H3,(H,8,9,10)/q+1;/p-1. The maximum Gasteiger partial charge on any atom is 0.124 e. The molecule has 0 fully saturated rings. The summed E-state index contributed by atoms with van der Waals surface area (Å²) in [4.78, 5) is -0.178. The third-order valence-corrected chi connectivity index (χ3v) is 6.44. The first kappa shape index (κ1) is 29.4. The fraction of sp³-hybridized carbons (Fsp3) is 0.750. The van der Waals surface area contributed by atoms with Gasteiger partial charge >= 0.3 is 0 Å². The van der Waals surface area contributed by atoms with E-state index in [0.717, 1.165) is 22.3 Å². The van der Waals surface area contributed by atoms with E-state index in [9.17, 15) is 13.0 Å². The highest BCUT2D eigenvalue weighted by Gasteiger charge is 2.13. The maximum atomic E-state index is 10.4. The molecule has 0 aromatic heterocycles. The van der Waals surface area contributed by atoms with E-state index in [1.807, 2.05) is 6.92 Å². The van der Waals surface area contributed by atoms with Crippen LogP contribution in [0.15, 0.2) is 29.2 Å². The van der Waals surface area contributed by atoms with E-state index in [2.05, 4.69) is 21.0 Å². The van der Waals surface area contributed by atoms with Crippen molar-refractivity contribution in [2.24, 2.45) is 0 Å². The van der Waals surface area contributed by atoms with Gasteiger partial charge in [0, 0.05) is 12.3 Å². The zero-order valence-corrected chi connectivity index (χ0v) is 21.2. The quantitative estimate of drug-likeness (QED) is 0.129. The zero-order chi connectivity index (χ0) is 22.9. The van der Waals surface area contributed by atoms with E-state index in [1.165, 1.54) is 89.4 Å². The molecule has 0 heterocycles. The summed E-state index contributed by atoms with van der Waals surface area (Å²) in [7, 11) is 0.398. The lowest BCUT2D eigenvalue weighted by molar-refractivity contribution is -0.890. The Hall–Kier alpha value is -0.620. The van der Waals surface area contributed by atoms with Crippen molar-refractivity contribution < 1.29 is 17.5 Å². The zero-order valence-electron chi connectivity index (χ0n) is 19.7. The number of halogens is 1. The molecule has 0 atom stereocenters. The molecule has 0 saturated carbocycles. The van der Waals surface area contributed by atoms with E-state index in [4.69, 9.17) is 11.6 Å². The molecular weight excluding hydrogens is 418 g/mol. The minimum absolute atomic E-state index is 0.178. The predicted molar refractivity (Wildman–Crippen MR) is 128 cm³/mol. The molecule has 1 rings (SSSR count). The number of rotatable bonds is 15. The Balaban J connectivity index is 0.000000642. The van der Waals surface area contributed by atoms with Gasteiger partial charge in [0.25, 0.3) is 0 Å². The van der Waals surface area contributed by atoms with E-state index < -0.39 is 10.1 Å². The van der Waals surface area contributed by atoms with Crippen LogP contribution in [0.5, 0.6) is 0 Å². The minimum atomic E-state index is -4.27. The summed E-state index contributed by atoms with van der Waals surface area (Å²) in [5, 5.41) is 0. The van der Waals surface area contributed by atoms with E-state index in [1.54, 1.807) is 12.1 Å². The molecule has 0 radical (unpaired) electrons. The van der Waals surface area contributed by atoms with Crippen LogP contribution in [0.2, 0.25) is 0 Å². The van der Waals surface area contributed by atoms with Crippen LogP contribution in [0.1, 0.15) is 83.1 Å². The topological polar surface area (TPSA) is 57.2 Å². The smallest absolute Gasteiger partial charge is 0.124 e. The molecule has 1 aromatic carbocycles. The van der Waals surface area contributed by atoms with Gasteiger partial charge in [0.05, 0.1) is 32.1 Å². The molecule has 0 saturated heterocycles. The lowest BCUT2D eigenvalue weighted by Gasteiger charge is -2.29. The van der Waals surface area contributed by atoms with Crippen molar-refractivity contribution in [2.45, 2.75) is 89.4 Å². The number of unbranched alkanes of at least 4 members (excludes halogenated alkanes) is 9. The van der Waals surface area contributed by atoms with Crippen molar-refractivity contribution in [2.75, 3.05) is 33.1 Å². The molecule has 4 nitrogen and oxygen atoms in total. The normalized spacial score (nSPS) is 11.8. The van der Waals surface area contributed by atoms with Gasteiger partial charge in [0.1, 0.15) is 10.1 Å². The molecule has 0 aliphatic rings. The molecule has 0 unspecified atom stereocenters. The Kier molecular flexibility index (Phi) is 16.6. The number of benzene rings is 1. The third kappa shape index (κ3) is 17.1. The van der Waals surface area contributed by atoms with E-state index >= 15 is 0 Å². The van der Waals surface area contributed by atoms with Crippen molar-refractivity contribution in [3.8, 4) is 0 Å². The number of hydrogen-bond donors (Lipinski definition) is 0. The van der Waals surface area contributed by atoms with Crippen LogP contribution in [0.25, 0.3) is 0 Å². The van der Waals surface area contributed by atoms with E-state index in [-0.39, 0.29) is 4.90 Å². The van der Waals surface area contributed by atoms with Crippen molar-refractivity contribution in [1.29, 1.82) is 0 Å². The number of alkyl halides is 1. The summed E-state index contributed by atoms with van der Waals surface area (Å²) in [6.45, 7) is 6.64. The van der Waals surface area contributed by atoms with Gasteiger partial charge in [-0.2, -0.15) is 0 Å². The monoisotopic (exact) mass is 461 g/mol. The van der Waals surface area contributed by atoms with Crippen LogP contribution in [0, 0.1) is 6.92 Å². The summed E-state index contributed by atoms with van der Waals surface area (Å²) >= 11 is 5.76. The SMILES string of the molecule is CCCCCCCCCCCC[N+](C)(C)CCCCl.Cc1ccc(S(=O)(=O)[O-])cc1. The Morgan fingerprint density at radius 1 is 0.800 bits per heavy atom. The maximum absolute atomic E-state index is 10.4. The summed E-state index contributed by atoms with van der Waals surface area (Å²) in [5.74, 6) is 0.805. The molecule has 176 valence electrons. The molecule has 0 aliphatic carbocycles. The summed E-state index contributed by atoms with van der Waals surface area (Å²) in [5.41, 5.74) is 0.928. The van der Waals surface area contributed by atoms with Crippen molar-refractivity contribution in [3.63, 3.8) is 0 Å². The lowest BCUT2D eigenvalue weighted by Crippen LogP contribution is -2.41. The van der Waals surface area contributed by atoms with Crippen LogP contribution in [-0.4, -0.2) is 50.5 Å². The molecule has 0 amide bonds. The lowest BCUT2D eigenvalue weighted by atomic mass is 10.1. The number of hydrogen-bond acceptors (Lipinski definition) is 3. The van der Waals surface area contributed by atoms with E-state index in [0.29, 0.717) is 0 Å². The van der Waals surface area contributed by atoms with Gasteiger partial charge in [-0.1, -0.05) is 76.0 Å². The molecule has 0 aliphatic heterocycles. The largest absolute Gasteiger partial charge is 0.744 e. The van der Waals surface area contributed by atoms with Gasteiger partial charge in [-0.3, -0.25) is 0 Å². The number of aryl methyl sites for hydroxylation is 1. The molecule has 1 aromatic rings. The van der Waals surface area contributed by atoms with Gasteiger partial charge in [0.2, 0.25) is 0 Å². The van der Waals surface area contributed by atoms with Crippen LogP contribution in [0.4, 0.5) is 0 Å². The molecule has 0 bridgehead atoms. The molecule has 0 N–H and O–H groups in total. The van der Waals surface area contributed by atoms with Crippen molar-refractivity contribution in [3.05, 3.63) is 29.8 Å². The summed E-state index contributed by atoms with van der Waals surface area (Å²) in [6, 6.07) is 5.78. The second-order valence-electron chi connectivity index (χ2n) is 8.87. The minimum Gasteiger partial charge on any atom is -0.744 e. The summed E-state index contributed by atoms with van der Waals surface area (Å²) < 4.78 is 32.3. The van der Waals surface area contributed by atoms with Gasteiger partial charge in [-0.25, -0.2) is 8.42 Å². The molecule has 0 spiro atoms. The summed E-state index contributed by atoms with van der Waals surface area (Å²) in [6.07, 6.45) is 15.4. The van der Waals surface area contributed by atoms with Gasteiger partial charge < -0.3 is 9.04 Å². The van der Waals surface area contributed by atoms with Gasteiger partial charge in [-0.15, -0.1) is 11.6 Å². The Bertz CT molecular complexity index is 630. The van der Waals surface area contributed by atoms with Crippen LogP contribution < -0.4 is 0 Å². The Labute approximate surface area is 191 Å². The first-order valence-electron chi connectivity index (χ1n) is 11.5. The Morgan fingerprint density at radius 3 is 1.67 bits per heavy atom. The highest BCUT2D eigenvalue weighted by Crippen LogP contribution is 2.12. The first-order chi connectivity index (χ1) is 14.1. The molecule has 6 heteroatoms. The molecule has 30 heavy (non-hydrogen) atoms. The fourth-order valence-electron chi connectivity index (χ4n) is 3.33. The third-order valence-electron chi connectivity index (χ3n) is 5.32. The second-order valence-corrected chi connectivity index (χ2v) is 10.6. The van der Waals surface area contributed by atoms with Crippen molar-refractivity contribution >= 4 is 21.7 Å². The van der Waals surface area contributed by atoms with Crippen LogP contribution in [-0.2, 0) is 10.1 Å². The number of quaternary nitrogens is 1.